The number of carbonyl (C=O) groups excluding carboxylic acids is 2. The van der Waals surface area contributed by atoms with E-state index in [1.54, 1.807) is 24.3 Å². The molecule has 7 heteroatoms. The summed E-state index contributed by atoms with van der Waals surface area (Å²) in [4.78, 5) is 23.8. The van der Waals surface area contributed by atoms with Crippen LogP contribution in [0.25, 0.3) is 0 Å². The first-order chi connectivity index (χ1) is 14.0. The van der Waals surface area contributed by atoms with Gasteiger partial charge in [-0.1, -0.05) is 31.3 Å². The quantitative estimate of drug-likeness (QED) is 0.424. The number of aryl methyl sites for hydroxylation is 2. The molecule has 1 heterocycles. The van der Waals surface area contributed by atoms with Gasteiger partial charge in [0, 0.05) is 6.42 Å². The smallest absolute Gasteiger partial charge is 0.338 e. The summed E-state index contributed by atoms with van der Waals surface area (Å²) < 4.78 is 16.0. The third-order valence-electron chi connectivity index (χ3n) is 4.57. The SMILES string of the molecule is CCCCCCC(=O)NCCOC(=O)c1ccc(OCc2c(C)noc2C)cc1. The molecule has 0 saturated heterocycles. The molecule has 1 aromatic heterocycles. The normalized spacial score (nSPS) is 10.6. The third-order valence-corrected chi connectivity index (χ3v) is 4.57. The molecule has 29 heavy (non-hydrogen) atoms. The van der Waals surface area contributed by atoms with Crippen LogP contribution in [0.1, 0.15) is 66.4 Å². The Morgan fingerprint density at radius 1 is 1.10 bits per heavy atom. The molecule has 0 aliphatic heterocycles. The van der Waals surface area contributed by atoms with Crippen LogP contribution in [0.5, 0.6) is 5.75 Å². The van der Waals surface area contributed by atoms with E-state index in [-0.39, 0.29) is 12.5 Å². The van der Waals surface area contributed by atoms with Gasteiger partial charge in [-0.2, -0.15) is 0 Å². The van der Waals surface area contributed by atoms with Gasteiger partial charge in [0.25, 0.3) is 0 Å². The lowest BCUT2D eigenvalue weighted by Crippen LogP contribution is -2.27. The van der Waals surface area contributed by atoms with Crippen molar-refractivity contribution < 1.29 is 23.6 Å². The molecule has 2 aromatic rings. The molecular weight excluding hydrogens is 372 g/mol. The number of amides is 1. The maximum absolute atomic E-state index is 12.1. The zero-order valence-electron chi connectivity index (χ0n) is 17.5. The van der Waals surface area contributed by atoms with Crippen LogP contribution in [0, 0.1) is 13.8 Å². The molecule has 0 aliphatic rings. The summed E-state index contributed by atoms with van der Waals surface area (Å²) in [6.07, 6.45) is 4.77. The Hall–Kier alpha value is -2.83. The molecule has 1 aromatic carbocycles. The molecule has 158 valence electrons. The van der Waals surface area contributed by atoms with E-state index in [0.717, 1.165) is 42.7 Å². The van der Waals surface area contributed by atoms with E-state index in [0.29, 0.717) is 30.9 Å². The van der Waals surface area contributed by atoms with Crippen molar-refractivity contribution in [1.82, 2.24) is 10.5 Å². The van der Waals surface area contributed by atoms with Crippen molar-refractivity contribution in [2.24, 2.45) is 0 Å². The Bertz CT molecular complexity index is 764. The van der Waals surface area contributed by atoms with E-state index in [1.807, 2.05) is 13.8 Å². The summed E-state index contributed by atoms with van der Waals surface area (Å²) in [7, 11) is 0. The van der Waals surface area contributed by atoms with Crippen LogP contribution in [0.4, 0.5) is 0 Å². The summed E-state index contributed by atoms with van der Waals surface area (Å²) in [5.41, 5.74) is 2.15. The molecular formula is C22H30N2O5. The molecule has 0 aliphatic carbocycles. The average molecular weight is 402 g/mol. The van der Waals surface area contributed by atoms with Crippen molar-refractivity contribution in [3.8, 4) is 5.75 Å². The summed E-state index contributed by atoms with van der Waals surface area (Å²) >= 11 is 0. The number of carbonyl (C=O) groups is 2. The Morgan fingerprint density at radius 3 is 2.52 bits per heavy atom. The first-order valence-corrected chi connectivity index (χ1v) is 10.1. The molecule has 0 unspecified atom stereocenters. The van der Waals surface area contributed by atoms with Crippen molar-refractivity contribution in [2.45, 2.75) is 59.5 Å². The Labute approximate surface area is 171 Å². The highest BCUT2D eigenvalue weighted by Gasteiger charge is 2.11. The molecule has 1 N–H and O–H groups in total. The van der Waals surface area contributed by atoms with E-state index >= 15 is 0 Å². The minimum absolute atomic E-state index is 0.00282. The highest BCUT2D eigenvalue weighted by Crippen LogP contribution is 2.18. The molecule has 2 rings (SSSR count). The molecule has 0 saturated carbocycles. The van der Waals surface area contributed by atoms with E-state index in [1.165, 1.54) is 0 Å². The topological polar surface area (TPSA) is 90.7 Å². The van der Waals surface area contributed by atoms with Crippen molar-refractivity contribution in [1.29, 1.82) is 0 Å². The van der Waals surface area contributed by atoms with Gasteiger partial charge in [-0.05, 0) is 44.5 Å². The maximum Gasteiger partial charge on any atom is 0.338 e. The van der Waals surface area contributed by atoms with Crippen molar-refractivity contribution in [3.63, 3.8) is 0 Å². The number of rotatable bonds is 12. The summed E-state index contributed by atoms with van der Waals surface area (Å²) in [6, 6.07) is 6.73. The molecule has 1 amide bonds. The van der Waals surface area contributed by atoms with Gasteiger partial charge < -0.3 is 19.3 Å². The molecule has 0 atom stereocenters. The predicted molar refractivity (Wildman–Crippen MR) is 109 cm³/mol. The number of aromatic nitrogens is 1. The number of unbranched alkanes of at least 4 members (excludes halogenated alkanes) is 3. The van der Waals surface area contributed by atoms with E-state index in [2.05, 4.69) is 17.4 Å². The van der Waals surface area contributed by atoms with Gasteiger partial charge in [0.15, 0.2) is 0 Å². The van der Waals surface area contributed by atoms with Crippen LogP contribution in [0.15, 0.2) is 28.8 Å². The largest absolute Gasteiger partial charge is 0.489 e. The Kier molecular flexibility index (Phi) is 9.21. The first kappa shape index (κ1) is 22.5. The second-order valence-corrected chi connectivity index (χ2v) is 6.91. The van der Waals surface area contributed by atoms with E-state index in [4.69, 9.17) is 14.0 Å². The fourth-order valence-corrected chi connectivity index (χ4v) is 2.77. The van der Waals surface area contributed by atoms with Crippen molar-refractivity contribution in [2.75, 3.05) is 13.2 Å². The lowest BCUT2D eigenvalue weighted by molar-refractivity contribution is -0.121. The molecule has 0 bridgehead atoms. The highest BCUT2D eigenvalue weighted by atomic mass is 16.5. The lowest BCUT2D eigenvalue weighted by atomic mass is 10.1. The second-order valence-electron chi connectivity index (χ2n) is 6.91. The number of esters is 1. The van der Waals surface area contributed by atoms with Crippen LogP contribution in [0.2, 0.25) is 0 Å². The number of hydrogen-bond donors (Lipinski definition) is 1. The number of benzene rings is 1. The summed E-state index contributed by atoms with van der Waals surface area (Å²) in [5, 5.41) is 6.66. The first-order valence-electron chi connectivity index (χ1n) is 10.1. The van der Waals surface area contributed by atoms with Crippen LogP contribution in [0.3, 0.4) is 0 Å². The van der Waals surface area contributed by atoms with Gasteiger partial charge in [-0.15, -0.1) is 0 Å². The molecule has 0 spiro atoms. The average Bonchev–Trinajstić information content (AvgIpc) is 3.04. The molecule has 0 fully saturated rings. The van der Waals surface area contributed by atoms with Crippen LogP contribution < -0.4 is 10.1 Å². The standard InChI is InChI=1S/C22H30N2O5/c1-4-5-6-7-8-21(25)23-13-14-27-22(26)18-9-11-19(12-10-18)28-15-20-16(2)24-29-17(20)3/h9-12H,4-8,13-15H2,1-3H3,(H,23,25). The van der Waals surface area contributed by atoms with Crippen molar-refractivity contribution >= 4 is 11.9 Å². The zero-order chi connectivity index (χ0) is 21.1. The maximum atomic E-state index is 12.1. The van der Waals surface area contributed by atoms with Crippen LogP contribution >= 0.6 is 0 Å². The van der Waals surface area contributed by atoms with Gasteiger partial charge in [0.2, 0.25) is 5.91 Å². The summed E-state index contributed by atoms with van der Waals surface area (Å²) in [5.74, 6) is 0.934. The molecule has 0 radical (unpaired) electrons. The van der Waals surface area contributed by atoms with Gasteiger partial charge in [0.1, 0.15) is 24.7 Å². The van der Waals surface area contributed by atoms with E-state index in [9.17, 15) is 9.59 Å². The summed E-state index contributed by atoms with van der Waals surface area (Å²) in [6.45, 7) is 6.65. The fraction of sp³-hybridized carbons (Fsp3) is 0.500. The predicted octanol–water partition coefficient (Wildman–Crippen LogP) is 4.11. The third kappa shape index (κ3) is 7.60. The Balaban J connectivity index is 1.67. The van der Waals surface area contributed by atoms with E-state index < -0.39 is 5.97 Å². The lowest BCUT2D eigenvalue weighted by Gasteiger charge is -2.08. The molecule has 7 nitrogen and oxygen atoms in total. The Morgan fingerprint density at radius 2 is 1.86 bits per heavy atom. The number of ether oxygens (including phenoxy) is 2. The zero-order valence-corrected chi connectivity index (χ0v) is 17.5. The fourth-order valence-electron chi connectivity index (χ4n) is 2.77. The van der Waals surface area contributed by atoms with Gasteiger partial charge in [-0.25, -0.2) is 4.79 Å². The van der Waals surface area contributed by atoms with Gasteiger partial charge in [-0.3, -0.25) is 4.79 Å². The van der Waals surface area contributed by atoms with Gasteiger partial charge in [0.05, 0.1) is 23.4 Å². The van der Waals surface area contributed by atoms with Crippen molar-refractivity contribution in [3.05, 3.63) is 46.8 Å². The van der Waals surface area contributed by atoms with Crippen LogP contribution in [-0.2, 0) is 16.1 Å². The number of nitrogens with one attached hydrogen (secondary N) is 1. The number of nitrogens with zero attached hydrogens (tertiary/aromatic N) is 1. The van der Waals surface area contributed by atoms with Crippen LogP contribution in [-0.4, -0.2) is 30.2 Å². The number of hydrogen-bond acceptors (Lipinski definition) is 6. The van der Waals surface area contributed by atoms with Gasteiger partial charge >= 0.3 is 5.97 Å². The highest BCUT2D eigenvalue weighted by molar-refractivity contribution is 5.89. The monoisotopic (exact) mass is 402 g/mol. The minimum atomic E-state index is -0.431. The minimum Gasteiger partial charge on any atom is -0.489 e. The second kappa shape index (κ2) is 11.9.